The topological polar surface area (TPSA) is 187 Å². The van der Waals surface area contributed by atoms with Crippen molar-refractivity contribution >= 4 is 52.6 Å². The second-order valence-corrected chi connectivity index (χ2v) is 13.8. The molecule has 0 saturated carbocycles. The minimum atomic E-state index is -1.38. The van der Waals surface area contributed by atoms with Crippen LogP contribution in [0.25, 0.3) is 28.1 Å². The largest absolute Gasteiger partial charge is 0.496 e. The first-order valence-corrected chi connectivity index (χ1v) is 17.0. The van der Waals surface area contributed by atoms with Crippen molar-refractivity contribution in [2.45, 2.75) is 38.5 Å². The van der Waals surface area contributed by atoms with Crippen LogP contribution in [0.15, 0.2) is 54.6 Å². The van der Waals surface area contributed by atoms with Crippen LogP contribution >= 0.6 is 23.2 Å². The van der Waals surface area contributed by atoms with Crippen LogP contribution in [-0.4, -0.2) is 88.5 Å². The zero-order valence-corrected chi connectivity index (χ0v) is 30.0. The number of hydrogen-bond acceptors (Lipinski definition) is 9. The molecule has 2 aliphatic heterocycles. The fourth-order valence-corrected chi connectivity index (χ4v) is 6.68. The molecule has 0 bridgehead atoms. The first-order chi connectivity index (χ1) is 24.7. The van der Waals surface area contributed by atoms with E-state index in [1.807, 2.05) is 26.0 Å². The van der Waals surface area contributed by atoms with E-state index in [0.29, 0.717) is 80.6 Å². The summed E-state index contributed by atoms with van der Waals surface area (Å²) < 4.78 is 19.4. The van der Waals surface area contributed by atoms with Crippen molar-refractivity contribution in [3.63, 3.8) is 0 Å². The number of carboxylic acids is 1. The van der Waals surface area contributed by atoms with Crippen LogP contribution in [-0.2, 0) is 25.7 Å². The number of rotatable bonds is 10. The van der Waals surface area contributed by atoms with Crippen LogP contribution in [0.5, 0.6) is 11.5 Å². The van der Waals surface area contributed by atoms with E-state index < -0.39 is 42.3 Å². The van der Waals surface area contributed by atoms with Gasteiger partial charge in [0.25, 0.3) is 5.91 Å². The van der Waals surface area contributed by atoms with Gasteiger partial charge in [-0.1, -0.05) is 35.3 Å². The van der Waals surface area contributed by atoms with Crippen molar-refractivity contribution < 1.29 is 38.5 Å². The molecular weight excluding hydrogens is 715 g/mol. The highest BCUT2D eigenvalue weighted by Crippen LogP contribution is 2.47. The third kappa shape index (κ3) is 7.55. The minimum Gasteiger partial charge on any atom is -0.496 e. The Morgan fingerprint density at radius 1 is 1.06 bits per heavy atom. The van der Waals surface area contributed by atoms with Crippen LogP contribution < -0.4 is 25.8 Å². The molecule has 5 N–H and O–H groups in total. The molecule has 1 fully saturated rings. The van der Waals surface area contributed by atoms with E-state index >= 15 is 0 Å². The molecule has 14 nitrogen and oxygen atoms in total. The SMILES string of the molecule is COc1cc2c(cc1-c1cccc(NC(=O)CNC(=O)C[C@@H](N)C(=O)O)c1)-c1c(c(C(=O)N3CCOCC3(C)C)nn1-c1cc(Cl)cc(Cl)c1)CO2. The number of nitrogens with zero attached hydrogens (tertiary/aromatic N) is 3. The quantitative estimate of drug-likeness (QED) is 0.180. The molecule has 3 amide bonds. The van der Waals surface area contributed by atoms with Crippen molar-refractivity contribution in [2.75, 3.05) is 38.7 Å². The predicted molar refractivity (Wildman–Crippen MR) is 193 cm³/mol. The van der Waals surface area contributed by atoms with E-state index in [9.17, 15) is 19.2 Å². The Kier molecular flexibility index (Phi) is 10.5. The molecule has 1 atom stereocenters. The monoisotopic (exact) mass is 750 g/mol. The van der Waals surface area contributed by atoms with Crippen LogP contribution in [0.2, 0.25) is 10.0 Å². The highest BCUT2D eigenvalue weighted by atomic mass is 35.5. The number of benzene rings is 3. The van der Waals surface area contributed by atoms with Gasteiger partial charge in [-0.05, 0) is 55.8 Å². The summed E-state index contributed by atoms with van der Waals surface area (Å²) >= 11 is 12.9. The minimum absolute atomic E-state index is 0.0608. The summed E-state index contributed by atoms with van der Waals surface area (Å²) in [5, 5.41) is 19.7. The molecule has 6 rings (SSSR count). The summed E-state index contributed by atoms with van der Waals surface area (Å²) in [4.78, 5) is 51.6. The number of aromatic nitrogens is 2. The molecule has 0 spiro atoms. The van der Waals surface area contributed by atoms with Crippen molar-refractivity contribution in [1.82, 2.24) is 20.0 Å². The fourth-order valence-electron chi connectivity index (χ4n) is 6.16. The molecule has 0 aliphatic carbocycles. The number of hydrogen-bond donors (Lipinski definition) is 4. The van der Waals surface area contributed by atoms with Gasteiger partial charge in [0.2, 0.25) is 11.8 Å². The Morgan fingerprint density at radius 2 is 1.81 bits per heavy atom. The summed E-state index contributed by atoms with van der Waals surface area (Å²) in [5.41, 5.74) is 9.16. The third-order valence-electron chi connectivity index (χ3n) is 8.72. The Labute approximate surface area is 308 Å². The summed E-state index contributed by atoms with van der Waals surface area (Å²) in [6.07, 6.45) is -0.467. The maximum Gasteiger partial charge on any atom is 0.321 e. The number of fused-ring (bicyclic) bond motifs is 3. The van der Waals surface area contributed by atoms with Gasteiger partial charge in [-0.3, -0.25) is 19.2 Å². The highest BCUT2D eigenvalue weighted by molar-refractivity contribution is 6.34. The predicted octanol–water partition coefficient (Wildman–Crippen LogP) is 4.52. The Bertz CT molecular complexity index is 2060. The number of ether oxygens (including phenoxy) is 3. The second kappa shape index (κ2) is 14.8. The van der Waals surface area contributed by atoms with Crippen LogP contribution in [0.4, 0.5) is 5.69 Å². The molecule has 272 valence electrons. The van der Waals surface area contributed by atoms with Crippen molar-refractivity contribution in [3.05, 3.63) is 75.9 Å². The number of nitrogens with one attached hydrogen (secondary N) is 2. The van der Waals surface area contributed by atoms with E-state index in [1.54, 1.807) is 52.0 Å². The van der Waals surface area contributed by atoms with Crippen LogP contribution in [0.3, 0.4) is 0 Å². The lowest BCUT2D eigenvalue weighted by molar-refractivity contribution is -0.140. The molecular formula is C36H36Cl2N6O8. The van der Waals surface area contributed by atoms with Gasteiger partial charge >= 0.3 is 5.97 Å². The van der Waals surface area contributed by atoms with Gasteiger partial charge < -0.3 is 40.6 Å². The van der Waals surface area contributed by atoms with Gasteiger partial charge in [0.15, 0.2) is 5.69 Å². The van der Waals surface area contributed by atoms with E-state index in [-0.39, 0.29) is 18.2 Å². The lowest BCUT2D eigenvalue weighted by atomic mass is 9.95. The number of anilines is 1. The number of carbonyl (C=O) groups is 4. The van der Waals surface area contributed by atoms with E-state index in [2.05, 4.69) is 10.6 Å². The molecule has 4 aromatic rings. The molecule has 3 heterocycles. The number of carbonyl (C=O) groups excluding carboxylic acids is 3. The first kappa shape index (κ1) is 36.6. The zero-order valence-electron chi connectivity index (χ0n) is 28.5. The molecule has 1 saturated heterocycles. The molecule has 52 heavy (non-hydrogen) atoms. The number of aliphatic carboxylic acids is 1. The number of methoxy groups -OCH3 is 1. The standard InChI is InChI=1S/C36H36Cl2N6O8/c1-36(2)18-51-8-7-43(36)34(47)32-26-17-52-29-15-28(50-3)24(13-25(29)33(26)44(42-32)23-11-20(37)10-21(38)12-23)19-5-4-6-22(9-19)41-31(46)16-40-30(45)14-27(39)35(48)49/h4-6,9-13,15,27H,7-8,14,16-18,39H2,1-3H3,(H,40,45)(H,41,46)(H,48,49)/t27-/m1/s1. The second-order valence-electron chi connectivity index (χ2n) is 12.9. The molecule has 0 radical (unpaired) electrons. The van der Waals surface area contributed by atoms with Crippen molar-refractivity contribution in [3.8, 4) is 39.6 Å². The van der Waals surface area contributed by atoms with Gasteiger partial charge in [-0.25, -0.2) is 4.68 Å². The zero-order chi connectivity index (χ0) is 37.3. The van der Waals surface area contributed by atoms with Gasteiger partial charge in [0.05, 0.1) is 50.2 Å². The molecule has 0 unspecified atom stereocenters. The van der Waals surface area contributed by atoms with Crippen LogP contribution in [0.1, 0.15) is 36.3 Å². The number of amides is 3. The maximum atomic E-state index is 14.2. The van der Waals surface area contributed by atoms with Gasteiger partial charge in [0, 0.05) is 45.0 Å². The molecule has 1 aromatic heterocycles. The van der Waals surface area contributed by atoms with Gasteiger partial charge in [-0.2, -0.15) is 5.10 Å². The average molecular weight is 752 g/mol. The normalized spacial score (nSPS) is 15.1. The highest BCUT2D eigenvalue weighted by Gasteiger charge is 2.39. The fraction of sp³-hybridized carbons (Fsp3) is 0.306. The Hall–Kier alpha value is -5.15. The van der Waals surface area contributed by atoms with E-state index in [1.165, 1.54) is 7.11 Å². The van der Waals surface area contributed by atoms with Gasteiger partial charge in [0.1, 0.15) is 24.1 Å². The van der Waals surface area contributed by atoms with Crippen LogP contribution in [0, 0.1) is 0 Å². The summed E-state index contributed by atoms with van der Waals surface area (Å²) in [7, 11) is 1.53. The lowest BCUT2D eigenvalue weighted by Gasteiger charge is -2.41. The Morgan fingerprint density at radius 3 is 2.50 bits per heavy atom. The molecule has 3 aromatic carbocycles. The Balaban J connectivity index is 1.38. The molecule has 2 aliphatic rings. The number of carboxylic acid groups (broad SMARTS) is 1. The first-order valence-electron chi connectivity index (χ1n) is 16.2. The number of nitrogens with two attached hydrogens (primary N) is 1. The summed E-state index contributed by atoms with van der Waals surface area (Å²) in [6, 6.07) is 14.3. The third-order valence-corrected chi connectivity index (χ3v) is 9.16. The van der Waals surface area contributed by atoms with E-state index in [0.717, 1.165) is 0 Å². The molecule has 16 heteroatoms. The average Bonchev–Trinajstić information content (AvgIpc) is 3.50. The number of morpholine rings is 1. The summed E-state index contributed by atoms with van der Waals surface area (Å²) in [6.45, 7) is 4.74. The van der Waals surface area contributed by atoms with E-state index in [4.69, 9.17) is 53.4 Å². The smallest absolute Gasteiger partial charge is 0.321 e. The lowest BCUT2D eigenvalue weighted by Crippen LogP contribution is -2.55. The summed E-state index contributed by atoms with van der Waals surface area (Å²) in [5.74, 6) is -1.80. The van der Waals surface area contributed by atoms with Crippen molar-refractivity contribution in [1.29, 1.82) is 0 Å². The maximum absolute atomic E-state index is 14.2. The van der Waals surface area contributed by atoms with Crippen molar-refractivity contribution in [2.24, 2.45) is 5.73 Å². The van der Waals surface area contributed by atoms with Gasteiger partial charge in [-0.15, -0.1) is 0 Å². The number of halogens is 2.